The van der Waals surface area contributed by atoms with Crippen LogP contribution in [0.25, 0.3) is 73.0 Å². The molecule has 0 bridgehead atoms. The highest BCUT2D eigenvalue weighted by Gasteiger charge is 2.20. The molecule has 220 valence electrons. The Hall–Kier alpha value is -5.48. The van der Waals surface area contributed by atoms with Crippen molar-refractivity contribution in [3.63, 3.8) is 0 Å². The smallest absolute Gasteiger partial charge is 0.0554 e. The predicted octanol–water partition coefficient (Wildman–Crippen LogP) is 13.9. The van der Waals surface area contributed by atoms with Gasteiger partial charge in [0.15, 0.2) is 0 Å². The maximum Gasteiger partial charge on any atom is 0.0554 e. The molecule has 0 aliphatic rings. The molecule has 0 N–H and O–H groups in total. The lowest BCUT2D eigenvalue weighted by atomic mass is 9.98. The molecule has 0 aliphatic carbocycles. The third kappa shape index (κ3) is 4.28. The fourth-order valence-corrected chi connectivity index (χ4v) is 9.47. The van der Waals surface area contributed by atoms with Crippen LogP contribution in [0.15, 0.2) is 164 Å². The van der Waals surface area contributed by atoms with E-state index >= 15 is 0 Å². The summed E-state index contributed by atoms with van der Waals surface area (Å²) < 4.78 is 5.25. The minimum atomic E-state index is 1.14. The lowest BCUT2D eigenvalue weighted by Gasteiger charge is -2.27. The zero-order valence-corrected chi connectivity index (χ0v) is 27.0. The van der Waals surface area contributed by atoms with E-state index in [4.69, 9.17) is 0 Å². The Labute approximate surface area is 280 Å². The molecule has 0 saturated carbocycles. The van der Waals surface area contributed by atoms with E-state index in [0.29, 0.717) is 0 Å². The van der Waals surface area contributed by atoms with Gasteiger partial charge in [0.1, 0.15) is 0 Å². The van der Waals surface area contributed by atoms with Crippen molar-refractivity contribution in [1.82, 2.24) is 0 Å². The SMILES string of the molecule is c1ccc2cc3c(cc2c1)sc1cccc(N(c2ccc(-c4cccc5ccccc45)cc2)c2ccc4sc5ccccc5c4c2)c13. The molecular weight excluding hydrogens is 607 g/mol. The molecule has 2 aromatic heterocycles. The van der Waals surface area contributed by atoms with Gasteiger partial charge in [-0.3, -0.25) is 0 Å². The Morgan fingerprint density at radius 1 is 0.362 bits per heavy atom. The van der Waals surface area contributed by atoms with Gasteiger partial charge in [0.05, 0.1) is 5.69 Å². The maximum absolute atomic E-state index is 2.46. The van der Waals surface area contributed by atoms with Gasteiger partial charge in [0.25, 0.3) is 0 Å². The Bertz CT molecular complexity index is 2800. The largest absolute Gasteiger partial charge is 0.310 e. The summed E-state index contributed by atoms with van der Waals surface area (Å²) in [5.74, 6) is 0. The van der Waals surface area contributed by atoms with Crippen molar-refractivity contribution in [2.45, 2.75) is 0 Å². The van der Waals surface area contributed by atoms with Gasteiger partial charge in [0.2, 0.25) is 0 Å². The molecule has 0 amide bonds. The van der Waals surface area contributed by atoms with Gasteiger partial charge < -0.3 is 4.90 Å². The van der Waals surface area contributed by atoms with Crippen LogP contribution in [-0.2, 0) is 0 Å². The van der Waals surface area contributed by atoms with Crippen LogP contribution >= 0.6 is 22.7 Å². The summed E-state index contributed by atoms with van der Waals surface area (Å²) in [6, 6.07) is 60.3. The Balaban J connectivity index is 1.22. The Morgan fingerprint density at radius 2 is 1.00 bits per heavy atom. The van der Waals surface area contributed by atoms with Crippen LogP contribution < -0.4 is 4.90 Å². The molecule has 0 saturated heterocycles. The van der Waals surface area contributed by atoms with Crippen LogP contribution in [-0.4, -0.2) is 0 Å². The van der Waals surface area contributed by atoms with E-state index in [-0.39, 0.29) is 0 Å². The number of fused-ring (bicyclic) bond motifs is 8. The number of benzene rings is 8. The first-order valence-electron chi connectivity index (χ1n) is 15.9. The second-order valence-corrected chi connectivity index (χ2v) is 14.3. The summed E-state index contributed by atoms with van der Waals surface area (Å²) >= 11 is 3.74. The molecule has 0 spiro atoms. The quantitative estimate of drug-likeness (QED) is 0.186. The minimum absolute atomic E-state index is 1.14. The summed E-state index contributed by atoms with van der Waals surface area (Å²) in [4.78, 5) is 2.46. The molecule has 47 heavy (non-hydrogen) atoms. The zero-order chi connectivity index (χ0) is 30.9. The molecule has 0 fully saturated rings. The Morgan fingerprint density at radius 3 is 1.87 bits per heavy atom. The van der Waals surface area contributed by atoms with Crippen molar-refractivity contribution in [3.8, 4) is 11.1 Å². The third-order valence-corrected chi connectivity index (χ3v) is 11.7. The van der Waals surface area contributed by atoms with Crippen LogP contribution in [0.3, 0.4) is 0 Å². The van der Waals surface area contributed by atoms with Crippen LogP contribution in [0.1, 0.15) is 0 Å². The molecule has 0 radical (unpaired) electrons. The molecule has 0 unspecified atom stereocenters. The first-order valence-corrected chi connectivity index (χ1v) is 17.6. The number of anilines is 3. The van der Waals surface area contributed by atoms with E-state index in [9.17, 15) is 0 Å². The normalized spacial score (nSPS) is 11.8. The van der Waals surface area contributed by atoms with E-state index in [1.54, 1.807) is 0 Å². The lowest BCUT2D eigenvalue weighted by Crippen LogP contribution is -2.10. The molecule has 0 atom stereocenters. The van der Waals surface area contributed by atoms with E-state index in [1.807, 2.05) is 22.7 Å². The number of nitrogens with zero attached hydrogens (tertiary/aromatic N) is 1. The van der Waals surface area contributed by atoms with Gasteiger partial charge in [-0.2, -0.15) is 0 Å². The van der Waals surface area contributed by atoms with Crippen LogP contribution in [0, 0.1) is 0 Å². The van der Waals surface area contributed by atoms with Crippen molar-refractivity contribution in [2.24, 2.45) is 0 Å². The third-order valence-electron chi connectivity index (χ3n) is 9.43. The molecule has 10 aromatic rings. The van der Waals surface area contributed by atoms with Crippen molar-refractivity contribution >= 4 is 102 Å². The second-order valence-electron chi connectivity index (χ2n) is 12.1. The fourth-order valence-electron chi connectivity index (χ4n) is 7.23. The Kier molecular flexibility index (Phi) is 5.98. The molecule has 1 nitrogen and oxygen atoms in total. The summed E-state index contributed by atoms with van der Waals surface area (Å²) in [5, 5.41) is 10.3. The highest BCUT2D eigenvalue weighted by Crippen LogP contribution is 2.47. The topological polar surface area (TPSA) is 3.24 Å². The first-order chi connectivity index (χ1) is 23.3. The number of rotatable bonds is 4. The molecule has 2 heterocycles. The van der Waals surface area contributed by atoms with Crippen LogP contribution in [0.4, 0.5) is 17.1 Å². The summed E-state index contributed by atoms with van der Waals surface area (Å²) in [6.45, 7) is 0. The number of thiophene rings is 2. The van der Waals surface area contributed by atoms with Crippen LogP contribution in [0.2, 0.25) is 0 Å². The summed E-state index contributed by atoms with van der Waals surface area (Å²) in [6.07, 6.45) is 0. The highest BCUT2D eigenvalue weighted by atomic mass is 32.1. The minimum Gasteiger partial charge on any atom is -0.310 e. The number of hydrogen-bond acceptors (Lipinski definition) is 3. The summed E-state index contributed by atoms with van der Waals surface area (Å²) in [7, 11) is 0. The monoisotopic (exact) mass is 633 g/mol. The van der Waals surface area contributed by atoms with Crippen molar-refractivity contribution in [2.75, 3.05) is 4.90 Å². The van der Waals surface area contributed by atoms with Crippen molar-refractivity contribution in [3.05, 3.63) is 164 Å². The average Bonchev–Trinajstić information content (AvgIpc) is 3.69. The van der Waals surface area contributed by atoms with E-state index in [1.165, 1.54) is 78.7 Å². The van der Waals surface area contributed by atoms with Gasteiger partial charge in [-0.05, 0) is 93.3 Å². The van der Waals surface area contributed by atoms with Gasteiger partial charge >= 0.3 is 0 Å². The van der Waals surface area contributed by atoms with Gasteiger partial charge in [0, 0.05) is 51.7 Å². The van der Waals surface area contributed by atoms with Crippen LogP contribution in [0.5, 0.6) is 0 Å². The molecule has 10 rings (SSSR count). The van der Waals surface area contributed by atoms with Crippen molar-refractivity contribution < 1.29 is 0 Å². The van der Waals surface area contributed by atoms with Gasteiger partial charge in [-0.1, -0.05) is 103 Å². The first kappa shape index (κ1) is 26.7. The molecule has 8 aromatic carbocycles. The number of hydrogen-bond donors (Lipinski definition) is 0. The van der Waals surface area contributed by atoms with E-state index in [2.05, 4.69) is 169 Å². The lowest BCUT2D eigenvalue weighted by molar-refractivity contribution is 1.31. The molecule has 3 heteroatoms. The average molecular weight is 634 g/mol. The highest BCUT2D eigenvalue weighted by molar-refractivity contribution is 7.26. The standard InChI is InChI=1S/C44H27NS2/c1-2-11-31-26-43-38(25-30(31)10-1)44-39(16-8-18-42(44)47-43)45(33-23-24-41-37(27-33)36-14-5-6-17-40(36)46-41)32-21-19-29(20-22-32)35-15-7-12-28-9-3-4-13-34(28)35/h1-27H. The van der Waals surface area contributed by atoms with E-state index in [0.717, 1.165) is 11.4 Å². The van der Waals surface area contributed by atoms with Crippen molar-refractivity contribution in [1.29, 1.82) is 0 Å². The second kappa shape index (κ2) is 10.5. The predicted molar refractivity (Wildman–Crippen MR) is 207 cm³/mol. The maximum atomic E-state index is 2.46. The zero-order valence-electron chi connectivity index (χ0n) is 25.4. The molecule has 0 aliphatic heterocycles. The van der Waals surface area contributed by atoms with Gasteiger partial charge in [-0.15, -0.1) is 22.7 Å². The molecular formula is C44H27NS2. The fraction of sp³-hybridized carbons (Fsp3) is 0. The van der Waals surface area contributed by atoms with E-state index < -0.39 is 0 Å². The van der Waals surface area contributed by atoms with Gasteiger partial charge in [-0.25, -0.2) is 0 Å². The summed E-state index contributed by atoms with van der Waals surface area (Å²) in [5.41, 5.74) is 5.97.